The van der Waals surface area contributed by atoms with Gasteiger partial charge in [-0.1, -0.05) is 41.4 Å². The highest BCUT2D eigenvalue weighted by atomic mass is 35.5. The first-order valence-electron chi connectivity index (χ1n) is 8.84. The Morgan fingerprint density at radius 3 is 2.67 bits per heavy atom. The lowest BCUT2D eigenvalue weighted by Crippen LogP contribution is -2.17. The minimum absolute atomic E-state index is 0.495. The molecule has 4 rings (SSSR count). The number of halogens is 2. The molecule has 27 heavy (non-hydrogen) atoms. The number of aromatic nitrogens is 2. The molecule has 0 aliphatic carbocycles. The first-order valence-corrected chi connectivity index (χ1v) is 9.60. The van der Waals surface area contributed by atoms with Crippen LogP contribution in [0.25, 0.3) is 5.69 Å². The minimum atomic E-state index is 0.495. The molecule has 0 amide bonds. The number of hydrogen-bond donors (Lipinski definition) is 0. The number of likely N-dealkylation sites (N-methyl/N-ethyl adjacent to an activating group) is 1. The van der Waals surface area contributed by atoms with E-state index >= 15 is 0 Å². The number of hydrogen-bond acceptors (Lipinski definition) is 3. The maximum absolute atomic E-state index is 6.48. The van der Waals surface area contributed by atoms with E-state index in [0.717, 1.165) is 47.0 Å². The van der Waals surface area contributed by atoms with E-state index in [1.165, 1.54) is 0 Å². The summed E-state index contributed by atoms with van der Waals surface area (Å²) in [6.45, 7) is 1.45. The largest absolute Gasteiger partial charge is 0.309 e. The van der Waals surface area contributed by atoms with Gasteiger partial charge in [0.2, 0.25) is 0 Å². The van der Waals surface area contributed by atoms with Gasteiger partial charge in [-0.05, 0) is 38.4 Å². The molecule has 0 atom stereocenters. The van der Waals surface area contributed by atoms with Crippen LogP contribution >= 0.6 is 23.2 Å². The molecule has 0 spiro atoms. The SMILES string of the molecule is CN(C)CCc1cnc2n1-c1ccc(Cl)cc1C(c1ccccc1Cl)=NC2. The Morgan fingerprint density at radius 1 is 1.07 bits per heavy atom. The Kier molecular flexibility index (Phi) is 5.04. The number of nitrogens with zero attached hydrogens (tertiary/aromatic N) is 4. The molecule has 4 nitrogen and oxygen atoms in total. The molecule has 0 radical (unpaired) electrons. The second-order valence-corrected chi connectivity index (χ2v) is 7.70. The lowest BCUT2D eigenvalue weighted by molar-refractivity contribution is 0.410. The van der Waals surface area contributed by atoms with Crippen LogP contribution in [0.3, 0.4) is 0 Å². The van der Waals surface area contributed by atoms with Crippen molar-refractivity contribution in [3.05, 3.63) is 81.4 Å². The van der Waals surface area contributed by atoms with Crippen molar-refractivity contribution >= 4 is 28.9 Å². The van der Waals surface area contributed by atoms with E-state index < -0.39 is 0 Å². The predicted molar refractivity (Wildman–Crippen MR) is 112 cm³/mol. The highest BCUT2D eigenvalue weighted by Crippen LogP contribution is 2.30. The fourth-order valence-electron chi connectivity index (χ4n) is 3.36. The Hall–Kier alpha value is -2.14. The molecule has 138 valence electrons. The zero-order valence-electron chi connectivity index (χ0n) is 15.3. The van der Waals surface area contributed by atoms with Gasteiger partial charge in [-0.2, -0.15) is 0 Å². The quantitative estimate of drug-likeness (QED) is 0.641. The molecule has 3 aromatic rings. The molecule has 0 unspecified atom stereocenters. The lowest BCUT2D eigenvalue weighted by Gasteiger charge is -2.16. The minimum Gasteiger partial charge on any atom is -0.309 e. The smallest absolute Gasteiger partial charge is 0.135 e. The number of benzene rings is 2. The maximum atomic E-state index is 6.48. The summed E-state index contributed by atoms with van der Waals surface area (Å²) in [4.78, 5) is 11.7. The number of rotatable bonds is 4. The van der Waals surface area contributed by atoms with E-state index in [0.29, 0.717) is 16.6 Å². The van der Waals surface area contributed by atoms with Crippen LogP contribution < -0.4 is 0 Å². The fourth-order valence-corrected chi connectivity index (χ4v) is 3.76. The van der Waals surface area contributed by atoms with Crippen LogP contribution in [-0.4, -0.2) is 40.8 Å². The van der Waals surface area contributed by atoms with Crippen LogP contribution in [0.2, 0.25) is 10.0 Å². The van der Waals surface area contributed by atoms with Gasteiger partial charge in [0.05, 0.1) is 17.9 Å². The van der Waals surface area contributed by atoms with Crippen molar-refractivity contribution in [1.29, 1.82) is 0 Å². The molecule has 1 aliphatic heterocycles. The monoisotopic (exact) mass is 398 g/mol. The zero-order valence-corrected chi connectivity index (χ0v) is 16.8. The number of imidazole rings is 1. The molecular weight excluding hydrogens is 379 g/mol. The molecule has 1 aliphatic rings. The Labute approximate surface area is 169 Å². The molecular formula is C21H20Cl2N4. The molecule has 0 bridgehead atoms. The fraction of sp³-hybridized carbons (Fsp3) is 0.238. The van der Waals surface area contributed by atoms with Crippen LogP contribution in [0, 0.1) is 0 Å². The van der Waals surface area contributed by atoms with Crippen LogP contribution in [-0.2, 0) is 13.0 Å². The summed E-state index contributed by atoms with van der Waals surface area (Å²) < 4.78 is 2.21. The number of fused-ring (bicyclic) bond motifs is 3. The summed E-state index contributed by atoms with van der Waals surface area (Å²) in [6.07, 6.45) is 2.86. The summed E-state index contributed by atoms with van der Waals surface area (Å²) in [7, 11) is 4.15. The van der Waals surface area contributed by atoms with Crippen LogP contribution in [0.4, 0.5) is 0 Å². The average Bonchev–Trinajstić information content (AvgIpc) is 2.97. The van der Waals surface area contributed by atoms with Gasteiger partial charge in [-0.25, -0.2) is 4.98 Å². The van der Waals surface area contributed by atoms with E-state index in [1.54, 1.807) is 0 Å². The second kappa shape index (κ2) is 7.47. The molecule has 0 N–H and O–H groups in total. The van der Waals surface area contributed by atoms with Gasteiger partial charge in [-0.15, -0.1) is 0 Å². The van der Waals surface area contributed by atoms with Crippen LogP contribution in [0.1, 0.15) is 22.6 Å². The highest BCUT2D eigenvalue weighted by Gasteiger charge is 2.23. The van der Waals surface area contributed by atoms with Crippen molar-refractivity contribution in [2.45, 2.75) is 13.0 Å². The molecule has 0 saturated carbocycles. The van der Waals surface area contributed by atoms with Gasteiger partial charge in [0.1, 0.15) is 5.82 Å². The second-order valence-electron chi connectivity index (χ2n) is 6.86. The van der Waals surface area contributed by atoms with Crippen LogP contribution in [0.15, 0.2) is 53.7 Å². The standard InChI is InChI=1S/C21H20Cl2N4/c1-26(2)10-9-15-12-24-20-13-25-21(16-5-3-4-6-18(16)23)17-11-14(22)7-8-19(17)27(15)20/h3-8,11-12H,9-10,13H2,1-2H3. The van der Waals surface area contributed by atoms with Gasteiger partial charge < -0.3 is 4.90 Å². The summed E-state index contributed by atoms with van der Waals surface area (Å²) in [5.74, 6) is 0.925. The summed E-state index contributed by atoms with van der Waals surface area (Å²) in [6, 6.07) is 13.7. The van der Waals surface area contributed by atoms with E-state index in [2.05, 4.69) is 28.5 Å². The Balaban J connectivity index is 1.89. The molecule has 2 aromatic carbocycles. The lowest BCUT2D eigenvalue weighted by atomic mass is 10.00. The van der Waals surface area contributed by atoms with E-state index in [-0.39, 0.29) is 0 Å². The van der Waals surface area contributed by atoms with Crippen molar-refractivity contribution in [2.24, 2.45) is 4.99 Å². The third-order valence-corrected chi connectivity index (χ3v) is 5.25. The van der Waals surface area contributed by atoms with Crippen molar-refractivity contribution < 1.29 is 0 Å². The van der Waals surface area contributed by atoms with Crippen molar-refractivity contribution in [3.8, 4) is 5.69 Å². The van der Waals surface area contributed by atoms with Gasteiger partial charge in [0.25, 0.3) is 0 Å². The molecule has 1 aromatic heterocycles. The molecule has 0 saturated heterocycles. The summed E-state index contributed by atoms with van der Waals surface area (Å²) in [5, 5.41) is 1.35. The summed E-state index contributed by atoms with van der Waals surface area (Å²) >= 11 is 12.8. The predicted octanol–water partition coefficient (Wildman–Crippen LogP) is 4.63. The van der Waals surface area contributed by atoms with Gasteiger partial charge in [-0.3, -0.25) is 9.56 Å². The third kappa shape index (κ3) is 3.53. The zero-order chi connectivity index (χ0) is 19.0. The van der Waals surface area contributed by atoms with E-state index in [4.69, 9.17) is 28.2 Å². The van der Waals surface area contributed by atoms with Gasteiger partial charge in [0, 0.05) is 46.0 Å². The molecule has 6 heteroatoms. The topological polar surface area (TPSA) is 33.4 Å². The third-order valence-electron chi connectivity index (χ3n) is 4.69. The number of aliphatic imine (C=N–C) groups is 1. The summed E-state index contributed by atoms with van der Waals surface area (Å²) in [5.41, 5.74) is 4.93. The van der Waals surface area contributed by atoms with Crippen molar-refractivity contribution in [3.63, 3.8) is 0 Å². The highest BCUT2D eigenvalue weighted by molar-refractivity contribution is 6.36. The first-order chi connectivity index (χ1) is 13.0. The average molecular weight is 399 g/mol. The van der Waals surface area contributed by atoms with Crippen molar-refractivity contribution in [1.82, 2.24) is 14.5 Å². The van der Waals surface area contributed by atoms with Gasteiger partial charge in [0.15, 0.2) is 0 Å². The molecule has 2 heterocycles. The maximum Gasteiger partial charge on any atom is 0.135 e. The first kappa shape index (κ1) is 18.2. The molecule has 0 fully saturated rings. The Bertz CT molecular complexity index is 1020. The van der Waals surface area contributed by atoms with Crippen molar-refractivity contribution in [2.75, 3.05) is 20.6 Å². The van der Waals surface area contributed by atoms with E-state index in [9.17, 15) is 0 Å². The Morgan fingerprint density at radius 2 is 1.89 bits per heavy atom. The van der Waals surface area contributed by atoms with Crippen LogP contribution in [0.5, 0.6) is 0 Å². The normalized spacial score (nSPS) is 13.1. The van der Waals surface area contributed by atoms with E-state index in [1.807, 2.05) is 48.7 Å². The van der Waals surface area contributed by atoms with Gasteiger partial charge >= 0.3 is 0 Å².